The van der Waals surface area contributed by atoms with Crippen LogP contribution in [-0.2, 0) is 9.59 Å². The monoisotopic (exact) mass is 370 g/mol. The van der Waals surface area contributed by atoms with E-state index in [1.165, 1.54) is 0 Å². The molecular formula is C12H27N8NaO4. The molecule has 0 aromatic heterocycles. The quantitative estimate of drug-likeness (QED) is 0.0826. The van der Waals surface area contributed by atoms with E-state index in [-0.39, 0.29) is 41.5 Å². The van der Waals surface area contributed by atoms with Crippen LogP contribution in [-0.4, -0.2) is 54.1 Å². The second kappa shape index (κ2) is 17.2. The van der Waals surface area contributed by atoms with Gasteiger partial charge in [-0.25, -0.2) is 0 Å². The van der Waals surface area contributed by atoms with E-state index in [2.05, 4.69) is 9.98 Å². The molecule has 2 atom stereocenters. The molecule has 0 aromatic carbocycles. The molecular weight excluding hydrogens is 343 g/mol. The SMILES string of the molecule is NC(N)=NCCC[C@H](N)C(=O)O.NC(N)=NCCC[C@H](N)C(=O)[O-].[Na+]. The zero-order valence-corrected chi connectivity index (χ0v) is 16.4. The van der Waals surface area contributed by atoms with Crippen LogP contribution < -0.4 is 69.1 Å². The number of aliphatic carboxylic acids is 2. The van der Waals surface area contributed by atoms with Gasteiger partial charge in [0.15, 0.2) is 11.9 Å². The van der Waals surface area contributed by atoms with Gasteiger partial charge in [0.2, 0.25) is 0 Å². The molecule has 0 fully saturated rings. The van der Waals surface area contributed by atoms with Crippen LogP contribution in [0.4, 0.5) is 0 Å². The third-order valence-corrected chi connectivity index (χ3v) is 2.56. The Kier molecular flexibility index (Phi) is 19.4. The third kappa shape index (κ3) is 22.4. The first-order valence-corrected chi connectivity index (χ1v) is 7.13. The summed E-state index contributed by atoms with van der Waals surface area (Å²) >= 11 is 0. The number of carbonyl (C=O) groups is 2. The molecule has 0 heterocycles. The number of aliphatic imine (C=N–C) groups is 2. The number of hydrogen-bond acceptors (Lipinski definition) is 7. The summed E-state index contributed by atoms with van der Waals surface area (Å²) in [6.07, 6.45) is 1.81. The van der Waals surface area contributed by atoms with Crippen LogP contribution in [0.1, 0.15) is 25.7 Å². The van der Waals surface area contributed by atoms with Crippen LogP contribution >= 0.6 is 0 Å². The van der Waals surface area contributed by atoms with Gasteiger partial charge in [0, 0.05) is 19.1 Å². The summed E-state index contributed by atoms with van der Waals surface area (Å²) in [4.78, 5) is 27.7. The molecule has 13 N–H and O–H groups in total. The molecule has 25 heavy (non-hydrogen) atoms. The minimum Gasteiger partial charge on any atom is -0.548 e. The van der Waals surface area contributed by atoms with Crippen molar-refractivity contribution in [3.8, 4) is 0 Å². The molecule has 140 valence electrons. The third-order valence-electron chi connectivity index (χ3n) is 2.56. The second-order valence-corrected chi connectivity index (χ2v) is 4.77. The summed E-state index contributed by atoms with van der Waals surface area (Å²) in [6, 6.07) is -1.75. The van der Waals surface area contributed by atoms with E-state index in [0.717, 1.165) is 0 Å². The number of guanidine groups is 2. The predicted molar refractivity (Wildman–Crippen MR) is 88.4 cm³/mol. The minimum atomic E-state index is -1.25. The molecule has 0 saturated heterocycles. The van der Waals surface area contributed by atoms with Crippen LogP contribution in [0.15, 0.2) is 9.98 Å². The van der Waals surface area contributed by atoms with Crippen molar-refractivity contribution in [2.24, 2.45) is 44.4 Å². The van der Waals surface area contributed by atoms with Crippen molar-refractivity contribution in [1.82, 2.24) is 0 Å². The molecule has 0 aliphatic carbocycles. The van der Waals surface area contributed by atoms with Gasteiger partial charge in [-0.3, -0.25) is 14.8 Å². The van der Waals surface area contributed by atoms with Gasteiger partial charge >= 0.3 is 35.5 Å². The zero-order valence-electron chi connectivity index (χ0n) is 14.4. The Morgan fingerprint density at radius 1 is 0.880 bits per heavy atom. The average Bonchev–Trinajstić information content (AvgIpc) is 2.47. The van der Waals surface area contributed by atoms with Crippen LogP contribution in [0.25, 0.3) is 0 Å². The number of carbonyl (C=O) groups excluding carboxylic acids is 1. The van der Waals surface area contributed by atoms with Gasteiger partial charge in [-0.2, -0.15) is 0 Å². The fraction of sp³-hybridized carbons (Fsp3) is 0.667. The molecule has 0 unspecified atom stereocenters. The number of hydrogen-bond donors (Lipinski definition) is 7. The predicted octanol–water partition coefficient (Wildman–Crippen LogP) is -7.43. The molecule has 0 spiro atoms. The van der Waals surface area contributed by atoms with Crippen LogP contribution in [0, 0.1) is 0 Å². The molecule has 0 saturated carbocycles. The Morgan fingerprint density at radius 3 is 1.52 bits per heavy atom. The molecule has 0 rings (SSSR count). The van der Waals surface area contributed by atoms with Gasteiger partial charge in [-0.05, 0) is 25.7 Å². The Balaban J connectivity index is -0.000000372. The Hall–Kier alpha value is -1.60. The zero-order chi connectivity index (χ0) is 19.1. The maximum Gasteiger partial charge on any atom is 1.00 e. The molecule has 0 aliphatic heterocycles. The standard InChI is InChI=1S/2C6H14N4O2.Na/c2*7-4(5(11)12)2-1-3-10-6(8)9;/h2*4H,1-3,7H2,(H,11,12)(H4,8,9,10);/q;;+1/p-1/t2*4-;/m00./s1. The largest absolute Gasteiger partial charge is 1.00 e. The number of nitrogens with zero attached hydrogens (tertiary/aromatic N) is 2. The Labute approximate surface area is 168 Å². The van der Waals surface area contributed by atoms with Crippen molar-refractivity contribution in [3.05, 3.63) is 0 Å². The van der Waals surface area contributed by atoms with E-state index in [4.69, 9.17) is 39.5 Å². The van der Waals surface area contributed by atoms with Gasteiger partial charge in [0.1, 0.15) is 6.04 Å². The van der Waals surface area contributed by atoms with E-state index in [0.29, 0.717) is 38.8 Å². The van der Waals surface area contributed by atoms with Gasteiger partial charge in [-0.15, -0.1) is 0 Å². The van der Waals surface area contributed by atoms with E-state index < -0.39 is 24.0 Å². The van der Waals surface area contributed by atoms with E-state index >= 15 is 0 Å². The fourth-order valence-electron chi connectivity index (χ4n) is 1.28. The maximum absolute atomic E-state index is 10.2. The summed E-state index contributed by atoms with van der Waals surface area (Å²) in [7, 11) is 0. The minimum absolute atomic E-state index is 0. The molecule has 12 nitrogen and oxygen atoms in total. The normalized spacial score (nSPS) is 11.6. The average molecular weight is 370 g/mol. The summed E-state index contributed by atoms with van der Waals surface area (Å²) in [6.45, 7) is 0.812. The molecule has 0 amide bonds. The number of carboxylic acids is 2. The summed E-state index contributed by atoms with van der Waals surface area (Å²) < 4.78 is 0. The molecule has 0 radical (unpaired) electrons. The number of nitrogens with two attached hydrogens (primary N) is 6. The molecule has 0 bridgehead atoms. The Morgan fingerprint density at radius 2 is 1.24 bits per heavy atom. The second-order valence-electron chi connectivity index (χ2n) is 4.77. The van der Waals surface area contributed by atoms with Crippen LogP contribution in [0.3, 0.4) is 0 Å². The summed E-state index contributed by atoms with van der Waals surface area (Å²) in [5.41, 5.74) is 30.6. The number of rotatable bonds is 10. The summed E-state index contributed by atoms with van der Waals surface area (Å²) in [5.74, 6) is -2.24. The molecule has 13 heteroatoms. The molecule has 0 aromatic rings. The first-order chi connectivity index (χ1) is 11.1. The van der Waals surface area contributed by atoms with E-state index in [9.17, 15) is 14.7 Å². The number of carboxylic acid groups (broad SMARTS) is 2. The van der Waals surface area contributed by atoms with Crippen molar-refractivity contribution in [2.45, 2.75) is 37.8 Å². The molecule has 0 aliphatic rings. The van der Waals surface area contributed by atoms with Gasteiger partial charge in [0.05, 0.1) is 5.97 Å². The van der Waals surface area contributed by atoms with Crippen molar-refractivity contribution >= 4 is 23.9 Å². The Bertz CT molecular complexity index is 399. The van der Waals surface area contributed by atoms with E-state index in [1.807, 2.05) is 0 Å². The van der Waals surface area contributed by atoms with Gasteiger partial charge < -0.3 is 49.4 Å². The topological polar surface area (TPSA) is 258 Å². The van der Waals surface area contributed by atoms with Gasteiger partial charge in [-0.1, -0.05) is 0 Å². The van der Waals surface area contributed by atoms with E-state index in [1.54, 1.807) is 0 Å². The first kappa shape index (κ1) is 28.2. The maximum atomic E-state index is 10.2. The fourth-order valence-corrected chi connectivity index (χ4v) is 1.28. The van der Waals surface area contributed by atoms with Crippen molar-refractivity contribution < 1.29 is 49.4 Å². The van der Waals surface area contributed by atoms with Crippen molar-refractivity contribution in [1.29, 1.82) is 0 Å². The van der Waals surface area contributed by atoms with Crippen molar-refractivity contribution in [3.63, 3.8) is 0 Å². The summed E-state index contributed by atoms with van der Waals surface area (Å²) in [5, 5.41) is 18.5. The smallest absolute Gasteiger partial charge is 0.548 e. The van der Waals surface area contributed by atoms with Crippen molar-refractivity contribution in [2.75, 3.05) is 13.1 Å². The first-order valence-electron chi connectivity index (χ1n) is 7.13. The van der Waals surface area contributed by atoms with Crippen LogP contribution in [0.5, 0.6) is 0 Å². The van der Waals surface area contributed by atoms with Gasteiger partial charge in [0.25, 0.3) is 0 Å². The van der Waals surface area contributed by atoms with Crippen LogP contribution in [0.2, 0.25) is 0 Å².